The zero-order valence-corrected chi connectivity index (χ0v) is 7.44. The third-order valence-corrected chi connectivity index (χ3v) is 1.99. The molecule has 0 amide bonds. The Morgan fingerprint density at radius 1 is 1.69 bits per heavy atom. The molecule has 0 saturated carbocycles. The van der Waals surface area contributed by atoms with Crippen molar-refractivity contribution < 1.29 is 5.11 Å². The minimum atomic E-state index is -0.411. The quantitative estimate of drug-likeness (QED) is 0.591. The first-order valence-corrected chi connectivity index (χ1v) is 4.22. The normalized spacial score (nSPS) is 22.9. The molecule has 2 heterocycles. The maximum Gasteiger partial charge on any atom is 0.110 e. The lowest BCUT2D eigenvalue weighted by Gasteiger charge is -2.16. The second-order valence-corrected chi connectivity index (χ2v) is 3.11. The van der Waals surface area contributed by atoms with E-state index in [9.17, 15) is 5.11 Å². The van der Waals surface area contributed by atoms with Gasteiger partial charge in [-0.2, -0.15) is 15.0 Å². The first-order chi connectivity index (χ1) is 6.25. The molecular formula is C8H12N4O. The van der Waals surface area contributed by atoms with Crippen LogP contribution in [0.3, 0.4) is 0 Å². The van der Waals surface area contributed by atoms with E-state index in [1.54, 1.807) is 13.2 Å². The topological polar surface area (TPSA) is 63.0 Å². The van der Waals surface area contributed by atoms with Crippen molar-refractivity contribution in [3.05, 3.63) is 18.0 Å². The molecule has 0 aliphatic carbocycles. The summed E-state index contributed by atoms with van der Waals surface area (Å²) in [6.07, 6.45) is 3.11. The number of hydrogen-bond acceptors (Lipinski definition) is 4. The molecule has 0 fully saturated rings. The fourth-order valence-electron chi connectivity index (χ4n) is 1.37. The molecule has 0 radical (unpaired) electrons. The number of aliphatic hydroxyl groups excluding tert-OH is 1. The van der Waals surface area contributed by atoms with Crippen LogP contribution in [0.15, 0.2) is 12.3 Å². The number of rotatable bonds is 1. The fraction of sp³-hybridized carbons (Fsp3) is 0.500. The lowest BCUT2D eigenvalue weighted by atomic mass is 10.1. The van der Waals surface area contributed by atoms with Crippen LogP contribution in [0.25, 0.3) is 5.57 Å². The summed E-state index contributed by atoms with van der Waals surface area (Å²) in [6, 6.07) is 0. The number of aliphatic hydroxyl groups is 1. The number of β-amino-alcohol motifs (C(OH)–C–C–N with tert-alkyl or cyclic N) is 1. The van der Waals surface area contributed by atoms with Gasteiger partial charge in [0.05, 0.1) is 12.3 Å². The molecule has 1 aliphatic heterocycles. The summed E-state index contributed by atoms with van der Waals surface area (Å²) in [5.74, 6) is 0. The highest BCUT2D eigenvalue weighted by Gasteiger charge is 2.13. The molecule has 1 unspecified atom stereocenters. The molecule has 0 bridgehead atoms. The van der Waals surface area contributed by atoms with E-state index in [4.69, 9.17) is 0 Å². The molecule has 2 rings (SSSR count). The molecule has 1 aliphatic rings. The van der Waals surface area contributed by atoms with Crippen LogP contribution in [-0.2, 0) is 7.05 Å². The van der Waals surface area contributed by atoms with Gasteiger partial charge >= 0.3 is 0 Å². The molecule has 0 aromatic carbocycles. The minimum Gasteiger partial charge on any atom is -0.388 e. The number of aromatic nitrogens is 3. The van der Waals surface area contributed by atoms with Gasteiger partial charge in [-0.1, -0.05) is 0 Å². The largest absolute Gasteiger partial charge is 0.388 e. The van der Waals surface area contributed by atoms with E-state index in [2.05, 4.69) is 15.5 Å². The van der Waals surface area contributed by atoms with Crippen LogP contribution >= 0.6 is 0 Å². The second kappa shape index (κ2) is 3.27. The van der Waals surface area contributed by atoms with Gasteiger partial charge in [-0.05, 0) is 11.6 Å². The summed E-state index contributed by atoms with van der Waals surface area (Å²) in [5, 5.41) is 20.6. The van der Waals surface area contributed by atoms with E-state index in [1.807, 2.05) is 6.08 Å². The monoisotopic (exact) mass is 180 g/mol. The lowest BCUT2D eigenvalue weighted by molar-refractivity contribution is 0.217. The Kier molecular flexibility index (Phi) is 2.12. The Hall–Kier alpha value is -1.20. The van der Waals surface area contributed by atoms with Crippen molar-refractivity contribution in [2.75, 3.05) is 13.1 Å². The van der Waals surface area contributed by atoms with Crippen molar-refractivity contribution in [2.24, 2.45) is 7.05 Å². The van der Waals surface area contributed by atoms with Gasteiger partial charge in [-0.25, -0.2) is 0 Å². The van der Waals surface area contributed by atoms with Gasteiger partial charge in [0.15, 0.2) is 0 Å². The smallest absolute Gasteiger partial charge is 0.110 e. The Bertz CT molecular complexity index is 331. The summed E-state index contributed by atoms with van der Waals surface area (Å²) in [5.41, 5.74) is 1.83. The van der Waals surface area contributed by atoms with Crippen LogP contribution in [0.2, 0.25) is 0 Å². The van der Waals surface area contributed by atoms with Gasteiger partial charge in [0.25, 0.3) is 0 Å². The van der Waals surface area contributed by atoms with E-state index >= 15 is 0 Å². The Morgan fingerprint density at radius 2 is 2.54 bits per heavy atom. The average Bonchev–Trinajstić information content (AvgIpc) is 2.52. The number of aryl methyl sites for hydroxylation is 1. The Morgan fingerprint density at radius 3 is 3.15 bits per heavy atom. The maximum absolute atomic E-state index is 9.35. The summed E-state index contributed by atoms with van der Waals surface area (Å²) in [4.78, 5) is 1.51. The van der Waals surface area contributed by atoms with Crippen LogP contribution < -0.4 is 5.32 Å². The van der Waals surface area contributed by atoms with E-state index in [1.165, 1.54) is 4.80 Å². The first kappa shape index (κ1) is 8.40. The highest BCUT2D eigenvalue weighted by molar-refractivity contribution is 5.64. The molecule has 1 aromatic heterocycles. The molecule has 1 aromatic rings. The predicted molar refractivity (Wildman–Crippen MR) is 47.9 cm³/mol. The van der Waals surface area contributed by atoms with Crippen molar-refractivity contribution in [2.45, 2.75) is 6.10 Å². The van der Waals surface area contributed by atoms with Crippen LogP contribution in [-0.4, -0.2) is 39.3 Å². The highest BCUT2D eigenvalue weighted by atomic mass is 16.3. The van der Waals surface area contributed by atoms with Crippen LogP contribution in [0.1, 0.15) is 5.69 Å². The van der Waals surface area contributed by atoms with Gasteiger partial charge in [-0.15, -0.1) is 0 Å². The number of nitrogens with one attached hydrogen (secondary N) is 1. The molecule has 0 spiro atoms. The van der Waals surface area contributed by atoms with Crippen molar-refractivity contribution in [3.63, 3.8) is 0 Å². The van der Waals surface area contributed by atoms with Crippen LogP contribution in [0.5, 0.6) is 0 Å². The third kappa shape index (κ3) is 1.76. The van der Waals surface area contributed by atoms with Crippen molar-refractivity contribution >= 4 is 5.57 Å². The van der Waals surface area contributed by atoms with Gasteiger partial charge in [-0.3, -0.25) is 0 Å². The molecule has 5 nitrogen and oxygen atoms in total. The van der Waals surface area contributed by atoms with E-state index in [-0.39, 0.29) is 0 Å². The second-order valence-electron chi connectivity index (χ2n) is 3.11. The van der Waals surface area contributed by atoms with Crippen LogP contribution in [0, 0.1) is 0 Å². The average molecular weight is 180 g/mol. The molecule has 5 heteroatoms. The van der Waals surface area contributed by atoms with Crippen molar-refractivity contribution in [1.82, 2.24) is 20.3 Å². The van der Waals surface area contributed by atoms with Gasteiger partial charge in [0, 0.05) is 20.1 Å². The highest BCUT2D eigenvalue weighted by Crippen LogP contribution is 2.12. The molecule has 70 valence electrons. The zero-order valence-electron chi connectivity index (χ0n) is 7.44. The molecule has 1 atom stereocenters. The Balaban J connectivity index is 2.25. The summed E-state index contributed by atoms with van der Waals surface area (Å²) in [7, 11) is 1.77. The SMILES string of the molecule is Cn1ncc(C2=CC(O)CNC2)n1. The van der Waals surface area contributed by atoms with E-state index < -0.39 is 6.10 Å². The minimum absolute atomic E-state index is 0.411. The number of hydrogen-bond donors (Lipinski definition) is 2. The molecular weight excluding hydrogens is 168 g/mol. The lowest BCUT2D eigenvalue weighted by Crippen LogP contribution is -2.31. The maximum atomic E-state index is 9.35. The predicted octanol–water partition coefficient (Wildman–Crippen LogP) is -0.837. The van der Waals surface area contributed by atoms with Gasteiger partial charge in [0.1, 0.15) is 5.69 Å². The Labute approximate surface area is 76.1 Å². The van der Waals surface area contributed by atoms with E-state index in [0.717, 1.165) is 17.8 Å². The summed E-state index contributed by atoms with van der Waals surface area (Å²) >= 11 is 0. The van der Waals surface area contributed by atoms with Gasteiger partial charge < -0.3 is 10.4 Å². The standard InChI is InChI=1S/C8H12N4O/c1-12-10-5-8(11-12)6-2-7(13)4-9-3-6/h2,5,7,9,13H,3-4H2,1H3. The molecule has 13 heavy (non-hydrogen) atoms. The molecule has 2 N–H and O–H groups in total. The summed E-state index contributed by atoms with van der Waals surface area (Å²) < 4.78 is 0. The number of nitrogens with zero attached hydrogens (tertiary/aromatic N) is 3. The van der Waals surface area contributed by atoms with Crippen molar-refractivity contribution in [1.29, 1.82) is 0 Å². The third-order valence-electron chi connectivity index (χ3n) is 1.99. The van der Waals surface area contributed by atoms with E-state index in [0.29, 0.717) is 6.54 Å². The van der Waals surface area contributed by atoms with Crippen molar-refractivity contribution in [3.8, 4) is 0 Å². The summed E-state index contributed by atoms with van der Waals surface area (Å²) in [6.45, 7) is 1.36. The first-order valence-electron chi connectivity index (χ1n) is 4.22. The zero-order chi connectivity index (χ0) is 9.26. The van der Waals surface area contributed by atoms with Crippen LogP contribution in [0.4, 0.5) is 0 Å². The fourth-order valence-corrected chi connectivity index (χ4v) is 1.37. The molecule has 0 saturated heterocycles. The van der Waals surface area contributed by atoms with Gasteiger partial charge in [0.2, 0.25) is 0 Å².